The van der Waals surface area contributed by atoms with Gasteiger partial charge in [0, 0.05) is 0 Å². The van der Waals surface area contributed by atoms with Crippen LogP contribution in [0.2, 0.25) is 0 Å². The van der Waals surface area contributed by atoms with E-state index in [0.29, 0.717) is 0 Å². The number of aliphatic carboxylic acids is 2. The Hall–Kier alpha value is -1.66. The van der Waals surface area contributed by atoms with Crippen LogP contribution >= 0.6 is 0 Å². The van der Waals surface area contributed by atoms with E-state index in [0.717, 1.165) is 0 Å². The van der Waals surface area contributed by atoms with Crippen molar-refractivity contribution >= 4 is 22.0 Å². The summed E-state index contributed by atoms with van der Waals surface area (Å²) in [6.45, 7) is 1.44. The molecule has 8 nitrogen and oxygen atoms in total. The summed E-state index contributed by atoms with van der Waals surface area (Å²) >= 11 is 0. The zero-order valence-corrected chi connectivity index (χ0v) is 9.77. The summed E-state index contributed by atoms with van der Waals surface area (Å²) in [6.07, 6.45) is -0.915. The van der Waals surface area contributed by atoms with Crippen molar-refractivity contribution in [3.8, 4) is 6.07 Å². The third-order valence-electron chi connectivity index (χ3n) is 1.87. The number of carboxylic acid groups (broad SMARTS) is 2. The first-order chi connectivity index (χ1) is 7.74. The Morgan fingerprint density at radius 3 is 2.24 bits per heavy atom. The summed E-state index contributed by atoms with van der Waals surface area (Å²) in [5.41, 5.74) is 0. The Bertz CT molecular complexity index is 437. The van der Waals surface area contributed by atoms with Crippen LogP contribution < -0.4 is 4.72 Å². The van der Waals surface area contributed by atoms with Gasteiger partial charge in [-0.15, -0.1) is 0 Å². The fourth-order valence-corrected chi connectivity index (χ4v) is 2.34. The highest BCUT2D eigenvalue weighted by atomic mass is 32.2. The Kier molecular flexibility index (Phi) is 5.57. The third-order valence-corrected chi connectivity index (χ3v) is 3.67. The van der Waals surface area contributed by atoms with Crippen molar-refractivity contribution in [3.05, 3.63) is 0 Å². The second kappa shape index (κ2) is 6.17. The van der Waals surface area contributed by atoms with E-state index in [4.69, 9.17) is 15.5 Å². The van der Waals surface area contributed by atoms with E-state index >= 15 is 0 Å². The number of carboxylic acids is 2. The van der Waals surface area contributed by atoms with Gasteiger partial charge in [-0.25, -0.2) is 8.42 Å². The molecule has 9 heteroatoms. The smallest absolute Gasteiger partial charge is 0.322 e. The Morgan fingerprint density at radius 2 is 1.94 bits per heavy atom. The highest BCUT2D eigenvalue weighted by Gasteiger charge is 2.31. The van der Waals surface area contributed by atoms with Gasteiger partial charge in [0.15, 0.2) is 5.25 Å². The van der Waals surface area contributed by atoms with Crippen LogP contribution in [0.15, 0.2) is 0 Å². The molecule has 0 aliphatic carbocycles. The van der Waals surface area contributed by atoms with Crippen LogP contribution in [0.5, 0.6) is 0 Å². The molecule has 0 fully saturated rings. The number of hydrogen-bond acceptors (Lipinski definition) is 5. The number of sulfonamides is 1. The highest BCUT2D eigenvalue weighted by molar-refractivity contribution is 7.90. The molecule has 0 radical (unpaired) electrons. The quantitative estimate of drug-likeness (QED) is 0.542. The van der Waals surface area contributed by atoms with E-state index in [1.54, 1.807) is 4.72 Å². The highest BCUT2D eigenvalue weighted by Crippen LogP contribution is 2.05. The van der Waals surface area contributed by atoms with E-state index in [2.05, 4.69) is 0 Å². The lowest BCUT2D eigenvalue weighted by Gasteiger charge is -2.14. The second-order valence-electron chi connectivity index (χ2n) is 3.18. The minimum atomic E-state index is -4.17. The normalized spacial score (nSPS) is 14.6. The van der Waals surface area contributed by atoms with Crippen LogP contribution in [0.4, 0.5) is 0 Å². The molecule has 0 amide bonds. The number of nitrogens with one attached hydrogen (secondary N) is 1. The minimum absolute atomic E-state index is 0.0226. The molecule has 0 spiro atoms. The molecule has 2 atom stereocenters. The lowest BCUT2D eigenvalue weighted by Crippen LogP contribution is -2.45. The van der Waals surface area contributed by atoms with E-state index in [-0.39, 0.29) is 6.42 Å². The molecule has 0 aliphatic heterocycles. The van der Waals surface area contributed by atoms with Gasteiger partial charge in [0.1, 0.15) is 6.04 Å². The molecule has 0 heterocycles. The van der Waals surface area contributed by atoms with Crippen LogP contribution in [0, 0.1) is 11.3 Å². The first kappa shape index (κ1) is 15.3. The maximum absolute atomic E-state index is 11.5. The maximum Gasteiger partial charge on any atom is 0.322 e. The van der Waals surface area contributed by atoms with E-state index in [1.165, 1.54) is 13.0 Å². The number of carbonyl (C=O) groups is 2. The fraction of sp³-hybridized carbons (Fsp3) is 0.625. The molecule has 0 bridgehead atoms. The number of nitrogens with zero attached hydrogens (tertiary/aromatic N) is 1. The Morgan fingerprint density at radius 1 is 1.41 bits per heavy atom. The summed E-state index contributed by atoms with van der Waals surface area (Å²) in [6, 6.07) is -0.279. The van der Waals surface area contributed by atoms with Crippen molar-refractivity contribution in [2.45, 2.75) is 31.1 Å². The Balaban J connectivity index is 4.94. The standard InChI is InChI=1S/C8H12N2O6S/c1-2-5(4-9)17(15,16)10-6(8(13)14)3-7(11)12/h5-6,10H,2-3H2,1H3,(H,11,12)(H,13,14)/t5?,6-/m0/s1. The average Bonchev–Trinajstić information content (AvgIpc) is 2.16. The summed E-state index contributed by atoms with van der Waals surface area (Å²) < 4.78 is 24.7. The van der Waals surface area contributed by atoms with Crippen LogP contribution in [-0.2, 0) is 19.6 Å². The van der Waals surface area contributed by atoms with Gasteiger partial charge >= 0.3 is 11.9 Å². The maximum atomic E-state index is 11.5. The second-order valence-corrected chi connectivity index (χ2v) is 5.07. The molecule has 96 valence electrons. The summed E-state index contributed by atoms with van der Waals surface area (Å²) in [5.74, 6) is -3.06. The van der Waals surface area contributed by atoms with Crippen molar-refractivity contribution < 1.29 is 28.2 Å². The largest absolute Gasteiger partial charge is 0.481 e. The van der Waals surface area contributed by atoms with Crippen molar-refractivity contribution in [1.82, 2.24) is 4.72 Å². The van der Waals surface area contributed by atoms with Gasteiger partial charge in [0.05, 0.1) is 12.5 Å². The zero-order valence-electron chi connectivity index (χ0n) is 8.95. The molecule has 1 unspecified atom stereocenters. The molecule has 3 N–H and O–H groups in total. The molecule has 17 heavy (non-hydrogen) atoms. The zero-order chi connectivity index (χ0) is 13.6. The molecule has 0 aromatic rings. The number of nitriles is 1. The summed E-state index contributed by atoms with van der Waals surface area (Å²) in [4.78, 5) is 21.0. The molecule has 0 aromatic carbocycles. The van der Waals surface area contributed by atoms with Gasteiger partial charge < -0.3 is 10.2 Å². The van der Waals surface area contributed by atoms with Gasteiger partial charge in [0.2, 0.25) is 10.0 Å². The monoisotopic (exact) mass is 264 g/mol. The van der Waals surface area contributed by atoms with Crippen molar-refractivity contribution in [1.29, 1.82) is 5.26 Å². The van der Waals surface area contributed by atoms with Crippen LogP contribution in [-0.4, -0.2) is 41.9 Å². The van der Waals surface area contributed by atoms with Gasteiger partial charge in [-0.2, -0.15) is 9.98 Å². The van der Waals surface area contributed by atoms with E-state index in [9.17, 15) is 18.0 Å². The number of hydrogen-bond donors (Lipinski definition) is 3. The van der Waals surface area contributed by atoms with Gasteiger partial charge in [-0.1, -0.05) is 6.92 Å². The van der Waals surface area contributed by atoms with Crippen LogP contribution in [0.25, 0.3) is 0 Å². The molecule has 0 aliphatic rings. The van der Waals surface area contributed by atoms with Gasteiger partial charge in [-0.3, -0.25) is 9.59 Å². The minimum Gasteiger partial charge on any atom is -0.481 e. The lowest BCUT2D eigenvalue weighted by atomic mass is 10.2. The van der Waals surface area contributed by atoms with Gasteiger partial charge in [-0.05, 0) is 6.42 Å². The fourth-order valence-electron chi connectivity index (χ4n) is 1.01. The first-order valence-corrected chi connectivity index (χ1v) is 6.14. The molecule has 0 rings (SSSR count). The van der Waals surface area contributed by atoms with Crippen molar-refractivity contribution in [3.63, 3.8) is 0 Å². The van der Waals surface area contributed by atoms with Crippen molar-refractivity contribution in [2.75, 3.05) is 0 Å². The molecule has 0 aromatic heterocycles. The molecular weight excluding hydrogens is 252 g/mol. The summed E-state index contributed by atoms with van der Waals surface area (Å²) in [7, 11) is -4.17. The Labute approximate surface area is 97.9 Å². The number of rotatable bonds is 7. The van der Waals surface area contributed by atoms with Crippen molar-refractivity contribution in [2.24, 2.45) is 0 Å². The van der Waals surface area contributed by atoms with E-state index in [1.807, 2.05) is 0 Å². The topological polar surface area (TPSA) is 145 Å². The average molecular weight is 264 g/mol. The molecule has 0 saturated carbocycles. The van der Waals surface area contributed by atoms with Gasteiger partial charge in [0.25, 0.3) is 0 Å². The molecule has 0 saturated heterocycles. The van der Waals surface area contributed by atoms with E-state index < -0.39 is 39.7 Å². The van der Waals surface area contributed by atoms with Crippen LogP contribution in [0.1, 0.15) is 19.8 Å². The molecular formula is C8H12N2O6S. The summed E-state index contributed by atoms with van der Waals surface area (Å²) in [5, 5.41) is 24.2. The SMILES string of the molecule is CCC(C#N)S(=O)(=O)N[C@@H](CC(=O)O)C(=O)O. The first-order valence-electron chi connectivity index (χ1n) is 4.60. The lowest BCUT2D eigenvalue weighted by molar-refractivity contribution is -0.145. The predicted molar refractivity (Wildman–Crippen MR) is 55.4 cm³/mol. The van der Waals surface area contributed by atoms with Crippen LogP contribution in [0.3, 0.4) is 0 Å². The predicted octanol–water partition coefficient (Wildman–Crippen LogP) is -0.864. The third kappa shape index (κ3) is 4.80.